The summed E-state index contributed by atoms with van der Waals surface area (Å²) >= 11 is 1.92. The molecule has 0 aromatic rings. The quantitative estimate of drug-likeness (QED) is 0.523. The lowest BCUT2D eigenvalue weighted by atomic mass is 9.97. The van der Waals surface area contributed by atoms with Crippen LogP contribution in [0.15, 0.2) is 34.9 Å². The molecule has 0 atom stereocenters. The lowest BCUT2D eigenvalue weighted by Gasteiger charge is -2.11. The molecule has 0 saturated carbocycles. The van der Waals surface area contributed by atoms with E-state index >= 15 is 0 Å². The van der Waals surface area contributed by atoms with Gasteiger partial charge in [-0.1, -0.05) is 44.6 Å². The Bertz CT molecular complexity index is 257. The van der Waals surface area contributed by atoms with Gasteiger partial charge < -0.3 is 0 Å². The summed E-state index contributed by atoms with van der Waals surface area (Å²) in [5.41, 5.74) is 4.42. The first-order valence-corrected chi connectivity index (χ1v) is 8.07. The highest BCUT2D eigenvalue weighted by Crippen LogP contribution is 2.22. The van der Waals surface area contributed by atoms with Crippen LogP contribution in [0.25, 0.3) is 0 Å². The zero-order valence-electron chi connectivity index (χ0n) is 12.8. The molecule has 0 spiro atoms. The zero-order chi connectivity index (χ0) is 13.7. The molecular weight excluding hydrogens is 224 g/mol. The first-order valence-electron chi connectivity index (χ1n) is 6.68. The Kier molecular flexibility index (Phi) is 15.2. The van der Waals surface area contributed by atoms with Crippen LogP contribution in [0.2, 0.25) is 0 Å². The van der Waals surface area contributed by atoms with Crippen LogP contribution < -0.4 is 0 Å². The first kappa shape index (κ1) is 18.9. The van der Waals surface area contributed by atoms with Crippen molar-refractivity contribution in [1.29, 1.82) is 0 Å². The van der Waals surface area contributed by atoms with Crippen LogP contribution in [-0.2, 0) is 0 Å². The Balaban J connectivity index is 0. The van der Waals surface area contributed by atoms with Gasteiger partial charge in [0, 0.05) is 0 Å². The Morgan fingerprint density at radius 3 is 2.12 bits per heavy atom. The molecule has 0 fully saturated rings. The van der Waals surface area contributed by atoms with Gasteiger partial charge in [-0.3, -0.25) is 0 Å². The van der Waals surface area contributed by atoms with Crippen LogP contribution in [0.4, 0.5) is 0 Å². The van der Waals surface area contributed by atoms with E-state index in [1.165, 1.54) is 23.3 Å². The monoisotopic (exact) mass is 254 g/mol. The Morgan fingerprint density at radius 2 is 1.76 bits per heavy atom. The Labute approximate surface area is 113 Å². The fourth-order valence-electron chi connectivity index (χ4n) is 1.58. The third-order valence-electron chi connectivity index (χ3n) is 2.61. The van der Waals surface area contributed by atoms with E-state index in [9.17, 15) is 0 Å². The van der Waals surface area contributed by atoms with Crippen molar-refractivity contribution in [2.45, 2.75) is 54.4 Å². The summed E-state index contributed by atoms with van der Waals surface area (Å²) in [6.07, 6.45) is 11.1. The van der Waals surface area contributed by atoms with E-state index in [4.69, 9.17) is 0 Å². The van der Waals surface area contributed by atoms with Crippen LogP contribution in [0.3, 0.4) is 0 Å². The van der Waals surface area contributed by atoms with Crippen molar-refractivity contribution in [1.82, 2.24) is 0 Å². The summed E-state index contributed by atoms with van der Waals surface area (Å²) in [6.45, 7) is 12.7. The van der Waals surface area contributed by atoms with E-state index in [1.54, 1.807) is 5.57 Å². The summed E-state index contributed by atoms with van der Waals surface area (Å²) in [5, 5.41) is 0. The van der Waals surface area contributed by atoms with Crippen molar-refractivity contribution >= 4 is 11.8 Å². The average Bonchev–Trinajstić information content (AvgIpc) is 2.39. The van der Waals surface area contributed by atoms with Crippen molar-refractivity contribution in [3.63, 3.8) is 0 Å². The highest BCUT2D eigenvalue weighted by Gasteiger charge is 2.03. The molecule has 0 unspecified atom stereocenters. The molecule has 0 aromatic carbocycles. The molecule has 0 saturated heterocycles. The highest BCUT2D eigenvalue weighted by atomic mass is 32.2. The van der Waals surface area contributed by atoms with Gasteiger partial charge in [-0.15, -0.1) is 0 Å². The van der Waals surface area contributed by atoms with Crippen LogP contribution >= 0.6 is 11.8 Å². The molecule has 0 bridgehead atoms. The average molecular weight is 254 g/mol. The van der Waals surface area contributed by atoms with E-state index < -0.39 is 0 Å². The van der Waals surface area contributed by atoms with Gasteiger partial charge in [-0.05, 0) is 56.8 Å². The number of hydrogen-bond donors (Lipinski definition) is 0. The second kappa shape index (κ2) is 13.6. The zero-order valence-corrected chi connectivity index (χ0v) is 13.6. The minimum absolute atomic E-state index is 1.16. The summed E-state index contributed by atoms with van der Waals surface area (Å²) in [5.74, 6) is 1.22. The van der Waals surface area contributed by atoms with Crippen molar-refractivity contribution in [2.75, 3.05) is 12.0 Å². The molecule has 0 aromatic heterocycles. The van der Waals surface area contributed by atoms with Crippen LogP contribution in [0.1, 0.15) is 54.4 Å². The first-order chi connectivity index (χ1) is 8.21. The maximum Gasteiger partial charge on any atom is -0.00327 e. The van der Waals surface area contributed by atoms with E-state index in [0.29, 0.717) is 0 Å². The molecule has 100 valence electrons. The summed E-state index contributed by atoms with van der Waals surface area (Å²) in [7, 11) is 0. The standard InChI is InChI=1S/C14H24S.C2H6/c1-6-9-14(12(4)7-2)13(8-3)10-11-15-5;1-2/h6-7,9H,8,10-11H2,1-5H3;1-2H3/b9-6-,12-7-,14-13+;. The molecule has 0 heterocycles. The Hall–Kier alpha value is -0.430. The molecule has 0 aliphatic heterocycles. The predicted octanol–water partition coefficient (Wildman–Crippen LogP) is 6.01. The van der Waals surface area contributed by atoms with Gasteiger partial charge in [0.2, 0.25) is 0 Å². The van der Waals surface area contributed by atoms with E-state index in [2.05, 4.69) is 52.2 Å². The second-order valence-electron chi connectivity index (χ2n) is 3.59. The van der Waals surface area contributed by atoms with E-state index in [-0.39, 0.29) is 0 Å². The Morgan fingerprint density at radius 1 is 1.18 bits per heavy atom. The van der Waals surface area contributed by atoms with Gasteiger partial charge in [0.1, 0.15) is 0 Å². The molecule has 0 aliphatic rings. The van der Waals surface area contributed by atoms with Crippen LogP contribution in [0, 0.1) is 0 Å². The minimum atomic E-state index is 1.16. The maximum absolute atomic E-state index is 2.25. The molecular formula is C16H30S. The SMILES string of the molecule is CC.C\C=C/C(C(/C)=C\C)=C(/CC)CCSC. The molecule has 0 rings (SSSR count). The fraction of sp³-hybridized carbons (Fsp3) is 0.625. The molecule has 17 heavy (non-hydrogen) atoms. The van der Waals surface area contributed by atoms with Gasteiger partial charge in [0.15, 0.2) is 0 Å². The van der Waals surface area contributed by atoms with Crippen LogP contribution in [-0.4, -0.2) is 12.0 Å². The molecule has 0 amide bonds. The second-order valence-corrected chi connectivity index (χ2v) is 4.57. The smallest absolute Gasteiger partial charge is 0.00327 e. The van der Waals surface area contributed by atoms with Gasteiger partial charge in [0.25, 0.3) is 0 Å². The minimum Gasteiger partial charge on any atom is -0.165 e. The number of hydrogen-bond acceptors (Lipinski definition) is 1. The van der Waals surface area contributed by atoms with Gasteiger partial charge in [0.05, 0.1) is 0 Å². The molecule has 0 aliphatic carbocycles. The van der Waals surface area contributed by atoms with Crippen molar-refractivity contribution in [2.24, 2.45) is 0 Å². The largest absolute Gasteiger partial charge is 0.165 e. The third kappa shape index (κ3) is 8.31. The predicted molar refractivity (Wildman–Crippen MR) is 85.9 cm³/mol. The van der Waals surface area contributed by atoms with Crippen LogP contribution in [0.5, 0.6) is 0 Å². The summed E-state index contributed by atoms with van der Waals surface area (Å²) in [6, 6.07) is 0. The van der Waals surface area contributed by atoms with E-state index in [0.717, 1.165) is 6.42 Å². The molecule has 0 N–H and O–H groups in total. The molecule has 0 radical (unpaired) electrons. The molecule has 0 nitrogen and oxygen atoms in total. The maximum atomic E-state index is 2.25. The van der Waals surface area contributed by atoms with Crippen molar-refractivity contribution < 1.29 is 0 Å². The normalized spacial score (nSPS) is 13.2. The lowest BCUT2D eigenvalue weighted by molar-refractivity contribution is 0.967. The summed E-state index contributed by atoms with van der Waals surface area (Å²) in [4.78, 5) is 0. The van der Waals surface area contributed by atoms with Gasteiger partial charge in [-0.2, -0.15) is 11.8 Å². The fourth-order valence-corrected chi connectivity index (χ4v) is 2.03. The highest BCUT2D eigenvalue weighted by molar-refractivity contribution is 7.98. The van der Waals surface area contributed by atoms with Crippen molar-refractivity contribution in [3.8, 4) is 0 Å². The van der Waals surface area contributed by atoms with E-state index in [1.807, 2.05) is 25.6 Å². The number of thioether (sulfide) groups is 1. The lowest BCUT2D eigenvalue weighted by Crippen LogP contribution is -1.93. The summed E-state index contributed by atoms with van der Waals surface area (Å²) < 4.78 is 0. The third-order valence-corrected chi connectivity index (χ3v) is 3.22. The van der Waals surface area contributed by atoms with Gasteiger partial charge >= 0.3 is 0 Å². The number of rotatable bonds is 6. The topological polar surface area (TPSA) is 0 Å². The molecule has 1 heteroatoms. The van der Waals surface area contributed by atoms with Gasteiger partial charge in [-0.25, -0.2) is 0 Å². The number of allylic oxidation sites excluding steroid dienone is 6. The van der Waals surface area contributed by atoms with Crippen molar-refractivity contribution in [3.05, 3.63) is 34.9 Å².